The van der Waals surface area contributed by atoms with Crippen LogP contribution in [0.4, 0.5) is 0 Å². The van der Waals surface area contributed by atoms with Gasteiger partial charge in [0.25, 0.3) is 0 Å². The average molecular weight is 1870 g/mol. The maximum Gasteiger partial charge on any atom is 0.174 e. The van der Waals surface area contributed by atoms with Gasteiger partial charge in [0, 0.05) is 109 Å². The Bertz CT molecular complexity index is 8600. The number of benzene rings is 21. The summed E-state index contributed by atoms with van der Waals surface area (Å²) in [7, 11) is -6.63. The number of pyridine rings is 1. The number of rotatable bonds is 15. The molecule has 28 rings (SSSR count). The van der Waals surface area contributed by atoms with E-state index in [2.05, 4.69) is 410 Å². The van der Waals surface area contributed by atoms with Crippen molar-refractivity contribution < 1.29 is 13.9 Å². The van der Waals surface area contributed by atoms with Crippen LogP contribution in [0.15, 0.2) is 552 Å². The van der Waals surface area contributed by atoms with Crippen molar-refractivity contribution in [1.29, 1.82) is 0 Å². The summed E-state index contributed by atoms with van der Waals surface area (Å²) in [6.45, 7) is 0. The molecule has 0 saturated heterocycles. The summed E-state index contributed by atoms with van der Waals surface area (Å²) in [4.78, 5) is 5.18. The molecule has 0 radical (unpaired) electrons. The highest BCUT2D eigenvalue weighted by atomic mass is 31.2. The maximum absolute atomic E-state index is 15.2. The molecule has 0 N–H and O–H groups in total. The first-order chi connectivity index (χ1) is 70.8. The second kappa shape index (κ2) is 37.0. The molecule has 143 heavy (non-hydrogen) atoms. The van der Waals surface area contributed by atoms with Crippen molar-refractivity contribution in [3.63, 3.8) is 0 Å². The lowest BCUT2D eigenvalue weighted by Crippen LogP contribution is -2.27. The van der Waals surface area contributed by atoms with Crippen LogP contribution in [0.25, 0.3) is 176 Å². The van der Waals surface area contributed by atoms with Gasteiger partial charge in [-0.15, -0.1) is 0 Å². The third-order valence-corrected chi connectivity index (χ3v) is 33.9. The van der Waals surface area contributed by atoms with E-state index in [0.717, 1.165) is 32.9 Å². The van der Waals surface area contributed by atoms with Crippen LogP contribution in [0.5, 0.6) is 11.5 Å². The minimum Gasteiger partial charge on any atom is -0.456 e. The van der Waals surface area contributed by atoms with Crippen molar-refractivity contribution in [3.05, 3.63) is 552 Å². The molecule has 7 aromatic heterocycles. The van der Waals surface area contributed by atoms with Crippen molar-refractivity contribution in [2.24, 2.45) is 0 Å². The number of hydrogen-bond donors (Lipinski definition) is 0. The first-order valence-electron chi connectivity index (χ1n) is 48.3. The first-order valence-corrected chi connectivity index (χ1v) is 51.7. The van der Waals surface area contributed by atoms with Gasteiger partial charge in [0.1, 0.15) is 23.1 Å². The fraction of sp³-hybridized carbons (Fsp3) is 0. The van der Waals surface area contributed by atoms with Gasteiger partial charge in [-0.1, -0.05) is 400 Å². The Morgan fingerprint density at radius 3 is 0.580 bits per heavy atom. The zero-order valence-electron chi connectivity index (χ0n) is 77.8. The van der Waals surface area contributed by atoms with E-state index < -0.39 is 14.3 Å². The highest BCUT2D eigenvalue weighted by Crippen LogP contribution is 2.50. The lowest BCUT2D eigenvalue weighted by atomic mass is 10.0. The summed E-state index contributed by atoms with van der Waals surface area (Å²) in [5.74, 6) is 2.76. The molecule has 0 aliphatic heterocycles. The van der Waals surface area contributed by atoms with Crippen LogP contribution in [-0.2, 0) is 9.13 Å². The summed E-state index contributed by atoms with van der Waals surface area (Å²) in [5, 5.41) is 19.3. The fourth-order valence-electron chi connectivity index (χ4n) is 21.4. The van der Waals surface area contributed by atoms with Crippen molar-refractivity contribution in [2.75, 3.05) is 0 Å². The zero-order valence-corrected chi connectivity index (χ0v) is 79.6. The maximum atomic E-state index is 15.2. The van der Waals surface area contributed by atoms with E-state index in [1.807, 2.05) is 170 Å². The summed E-state index contributed by atoms with van der Waals surface area (Å²) in [6, 6.07) is 189. The monoisotopic (exact) mass is 1870 g/mol. The second-order valence-electron chi connectivity index (χ2n) is 35.8. The van der Waals surface area contributed by atoms with Gasteiger partial charge in [-0.05, 0) is 163 Å². The predicted molar refractivity (Wildman–Crippen MR) is 600 cm³/mol. The van der Waals surface area contributed by atoms with Crippen molar-refractivity contribution in [3.8, 4) is 57.0 Å². The highest BCUT2D eigenvalue weighted by molar-refractivity contribution is 7.86. The van der Waals surface area contributed by atoms with E-state index in [4.69, 9.17) is 9.72 Å². The Kier molecular flexibility index (Phi) is 22.3. The molecular weight excluding hydrogens is 1780 g/mol. The van der Waals surface area contributed by atoms with E-state index in [0.29, 0.717) is 22.1 Å². The van der Waals surface area contributed by atoms with E-state index in [-0.39, 0.29) is 0 Å². The molecule has 0 aliphatic rings. The largest absolute Gasteiger partial charge is 0.456 e. The van der Waals surface area contributed by atoms with E-state index >= 15 is 9.13 Å². The normalized spacial score (nSPS) is 11.7. The highest BCUT2D eigenvalue weighted by Gasteiger charge is 2.36. The molecule has 21 aromatic carbocycles. The lowest BCUT2D eigenvalue weighted by molar-refractivity contribution is 0.489. The van der Waals surface area contributed by atoms with Gasteiger partial charge in [-0.3, -0.25) is 9.13 Å². The van der Waals surface area contributed by atoms with Crippen LogP contribution >= 0.6 is 14.3 Å². The van der Waals surface area contributed by atoms with Crippen molar-refractivity contribution >= 4 is 177 Å². The molecule has 0 saturated carbocycles. The van der Waals surface area contributed by atoms with Crippen LogP contribution in [0.3, 0.4) is 0 Å². The summed E-state index contributed by atoms with van der Waals surface area (Å²) in [5.41, 5.74) is 21.6. The zero-order chi connectivity index (χ0) is 95.3. The SMILES string of the molecule is O=P(c1ccccc1)(c1ccccc1)c1ccccc1Oc1ccccc1P(=O)(c1ccccc1)c1ccccc1.c1cc(-c2cccc(-n3c4ccccc4c4ccccc43)c2)cc(-n2c3ccccc3c3ccccc32)c1.c1cc(-n2c3ccccc3c3ccccc32)cc(-n2c3ccccc3c3ccccc32)c1.c1cc(-n2c3ccccc3c3ccccc32)nc(-n2c3ccccc3c3ccccc32)c1. The van der Waals surface area contributed by atoms with Gasteiger partial charge >= 0.3 is 0 Å². The minimum atomic E-state index is -3.32. The smallest absolute Gasteiger partial charge is 0.174 e. The van der Waals surface area contributed by atoms with Gasteiger partial charge in [0.05, 0.1) is 76.8 Å². The van der Waals surface area contributed by atoms with E-state index in [9.17, 15) is 0 Å². The molecule has 0 atom stereocenters. The van der Waals surface area contributed by atoms with E-state index in [1.165, 1.54) is 165 Å². The van der Waals surface area contributed by atoms with Gasteiger partial charge in [-0.2, -0.15) is 0 Å². The van der Waals surface area contributed by atoms with Crippen LogP contribution < -0.4 is 36.6 Å². The molecule has 10 nitrogen and oxygen atoms in total. The predicted octanol–water partition coefficient (Wildman–Crippen LogP) is 31.5. The molecule has 0 unspecified atom stereocenters. The van der Waals surface area contributed by atoms with Crippen molar-refractivity contribution in [2.45, 2.75) is 0 Å². The number of hydrogen-bond acceptors (Lipinski definition) is 4. The standard InChI is InChI=1S/C36H24N2.C36H28O3P2.C30H20N2.C29H19N3/c1-5-19-33-29(15-1)30-16-2-6-20-34(30)37(33)27-13-9-11-25(23-27)26-12-10-14-28(24-26)38-35-21-7-3-17-31(35)32-18-4-8-22-36(32)38;37-40(29-17-5-1-6-18-29,30-19-7-2-8-20-30)35-27-15-13-25-33(35)39-34-26-14-16-28-36(34)41(38,31-21-9-3-10-22-31)32-23-11-4-12-24-32;1-5-16-27-23(12-1)24-13-2-6-17-28(24)31(27)21-10-9-11-22(20-21)32-29-18-7-3-14-25(29)26-15-4-8-19-30(26)32;1-5-14-24-20(10-1)21-11-2-6-15-25(21)31(24)28-18-9-19-29(30-28)32-26-16-7-3-12-22(26)23-13-4-8-17-27(23)32/h1-24H;1-28H;1-20H;1-19H. The summed E-state index contributed by atoms with van der Waals surface area (Å²) < 4.78 is 51.2. The molecule has 28 aromatic rings. The van der Waals surface area contributed by atoms with Crippen LogP contribution in [0.2, 0.25) is 0 Å². The third kappa shape index (κ3) is 15.2. The molecule has 0 fully saturated rings. The molecule has 0 spiro atoms. The first kappa shape index (κ1) is 86.4. The number of nitrogens with zero attached hydrogens (tertiary/aromatic N) is 7. The Balaban J connectivity index is 0.000000100. The molecule has 12 heteroatoms. The Hall–Kier alpha value is -18.2. The van der Waals surface area contributed by atoms with Gasteiger partial charge in [0.2, 0.25) is 0 Å². The van der Waals surface area contributed by atoms with E-state index in [1.54, 1.807) is 0 Å². The topological polar surface area (TPSA) is 85.8 Å². The van der Waals surface area contributed by atoms with Crippen LogP contribution in [0.1, 0.15) is 0 Å². The number of para-hydroxylation sites is 14. The van der Waals surface area contributed by atoms with Gasteiger partial charge in [0.15, 0.2) is 14.3 Å². The quantitative estimate of drug-likeness (QED) is 0.0957. The fourth-order valence-corrected chi connectivity index (χ4v) is 26.9. The number of aromatic nitrogens is 7. The molecular formula is C131H91N7O3P2. The molecule has 7 heterocycles. The number of fused-ring (bicyclic) bond motifs is 18. The summed E-state index contributed by atoms with van der Waals surface area (Å²) >= 11 is 0. The Morgan fingerprint density at radius 2 is 0.343 bits per heavy atom. The Morgan fingerprint density at radius 1 is 0.161 bits per heavy atom. The summed E-state index contributed by atoms with van der Waals surface area (Å²) in [6.07, 6.45) is 0. The van der Waals surface area contributed by atoms with Gasteiger partial charge < -0.3 is 32.1 Å². The van der Waals surface area contributed by atoms with Crippen molar-refractivity contribution in [1.82, 2.24) is 32.4 Å². The molecule has 678 valence electrons. The molecule has 0 amide bonds. The number of ether oxygens (including phenoxy) is 1. The van der Waals surface area contributed by atoms with Crippen LogP contribution in [-0.4, -0.2) is 32.4 Å². The lowest BCUT2D eigenvalue weighted by Gasteiger charge is -2.25. The average Bonchev–Trinajstić information content (AvgIpc) is 1.73. The van der Waals surface area contributed by atoms with Crippen LogP contribution in [0, 0.1) is 0 Å². The van der Waals surface area contributed by atoms with Gasteiger partial charge in [-0.25, -0.2) is 4.98 Å². The molecule has 0 aliphatic carbocycles. The third-order valence-electron chi connectivity index (χ3n) is 27.7. The Labute approximate surface area is 826 Å². The molecule has 0 bridgehead atoms. The second-order valence-corrected chi connectivity index (χ2v) is 41.3. The minimum absolute atomic E-state index is 0.462.